The van der Waals surface area contributed by atoms with Gasteiger partial charge in [-0.1, -0.05) is 30.3 Å². The normalized spacial score (nSPS) is 15.3. The van der Waals surface area contributed by atoms with Crippen LogP contribution >= 0.6 is 0 Å². The van der Waals surface area contributed by atoms with Crippen LogP contribution in [0, 0.1) is 16.7 Å². The maximum absolute atomic E-state index is 8.69. The summed E-state index contributed by atoms with van der Waals surface area (Å²) in [7, 11) is 0. The van der Waals surface area contributed by atoms with Crippen molar-refractivity contribution in [1.82, 2.24) is 10.2 Å². The van der Waals surface area contributed by atoms with Crippen LogP contribution in [0.15, 0.2) is 42.5 Å². The Morgan fingerprint density at radius 3 is 2.50 bits per heavy atom. The monoisotopic (exact) mass is 264 g/mol. The zero-order chi connectivity index (χ0) is 13.8. The van der Waals surface area contributed by atoms with Crippen molar-refractivity contribution in [3.63, 3.8) is 0 Å². The zero-order valence-corrected chi connectivity index (χ0v) is 11.2. The van der Waals surface area contributed by atoms with Crippen molar-refractivity contribution in [3.05, 3.63) is 53.7 Å². The molecule has 0 bridgehead atoms. The van der Waals surface area contributed by atoms with Crippen molar-refractivity contribution >= 4 is 5.82 Å². The van der Waals surface area contributed by atoms with E-state index in [-0.39, 0.29) is 0 Å². The first kappa shape index (κ1) is 12.6. The second-order valence-corrected chi connectivity index (χ2v) is 5.43. The lowest BCUT2D eigenvalue weighted by Crippen LogP contribution is -2.18. The van der Waals surface area contributed by atoms with Crippen LogP contribution in [0.4, 0.5) is 5.82 Å². The lowest BCUT2D eigenvalue weighted by atomic mass is 9.96. The molecule has 2 aromatic rings. The molecule has 0 spiro atoms. The molecular formula is C16H16N4. The second kappa shape index (κ2) is 5.30. The summed E-state index contributed by atoms with van der Waals surface area (Å²) in [5.41, 5.74) is 2.09. The van der Waals surface area contributed by atoms with Crippen LogP contribution in [0.3, 0.4) is 0 Å². The van der Waals surface area contributed by atoms with Crippen LogP contribution in [-0.2, 0) is 6.42 Å². The fourth-order valence-corrected chi connectivity index (χ4v) is 2.39. The number of nitriles is 1. The summed E-state index contributed by atoms with van der Waals surface area (Å²) in [5, 5.41) is 19.9. The second-order valence-electron chi connectivity index (χ2n) is 5.43. The fraction of sp³-hybridized carbons (Fsp3) is 0.312. The van der Waals surface area contributed by atoms with Crippen LogP contribution in [0.25, 0.3) is 0 Å². The molecule has 0 atom stereocenters. The van der Waals surface area contributed by atoms with Crippen molar-refractivity contribution in [2.45, 2.75) is 19.3 Å². The average Bonchev–Trinajstić information content (AvgIpc) is 3.27. The third kappa shape index (κ3) is 2.94. The number of nitrogens with one attached hydrogen (secondary N) is 1. The third-order valence-electron chi connectivity index (χ3n) is 3.80. The first-order chi connectivity index (χ1) is 9.80. The van der Waals surface area contributed by atoms with E-state index < -0.39 is 0 Å². The molecule has 1 saturated carbocycles. The first-order valence-electron chi connectivity index (χ1n) is 6.81. The molecule has 0 unspecified atom stereocenters. The van der Waals surface area contributed by atoms with E-state index in [1.54, 1.807) is 6.07 Å². The van der Waals surface area contributed by atoms with Gasteiger partial charge in [0.1, 0.15) is 11.9 Å². The van der Waals surface area contributed by atoms with E-state index in [1.807, 2.05) is 18.2 Å². The van der Waals surface area contributed by atoms with Gasteiger partial charge in [0.2, 0.25) is 0 Å². The van der Waals surface area contributed by atoms with Gasteiger partial charge in [0.25, 0.3) is 0 Å². The SMILES string of the molecule is N#Cc1ccc(NCC2(Cc3ccccc3)CC2)nn1. The Hall–Kier alpha value is -2.41. The predicted molar refractivity (Wildman–Crippen MR) is 77.0 cm³/mol. The van der Waals surface area contributed by atoms with Gasteiger partial charge >= 0.3 is 0 Å². The molecule has 1 aliphatic carbocycles. The number of benzene rings is 1. The maximum atomic E-state index is 8.69. The van der Waals surface area contributed by atoms with Gasteiger partial charge in [0.05, 0.1) is 0 Å². The summed E-state index contributed by atoms with van der Waals surface area (Å²) < 4.78 is 0. The Labute approximate surface area is 118 Å². The van der Waals surface area contributed by atoms with Gasteiger partial charge < -0.3 is 5.32 Å². The van der Waals surface area contributed by atoms with E-state index in [1.165, 1.54) is 18.4 Å². The van der Waals surface area contributed by atoms with Crippen molar-refractivity contribution in [3.8, 4) is 6.07 Å². The summed E-state index contributed by atoms with van der Waals surface area (Å²) in [6, 6.07) is 16.1. The highest BCUT2D eigenvalue weighted by Gasteiger charge is 2.42. The molecule has 1 aliphatic rings. The number of nitrogens with zero attached hydrogens (tertiary/aromatic N) is 3. The van der Waals surface area contributed by atoms with Crippen LogP contribution in [0.2, 0.25) is 0 Å². The van der Waals surface area contributed by atoms with Crippen molar-refractivity contribution < 1.29 is 0 Å². The molecule has 0 radical (unpaired) electrons. The Morgan fingerprint density at radius 1 is 1.10 bits per heavy atom. The highest BCUT2D eigenvalue weighted by atomic mass is 15.2. The predicted octanol–water partition coefficient (Wildman–Crippen LogP) is 2.78. The standard InChI is InChI=1S/C16H16N4/c17-11-14-6-7-15(20-19-14)18-12-16(8-9-16)10-13-4-2-1-3-5-13/h1-7H,8-10,12H2,(H,18,20). The van der Waals surface area contributed by atoms with Gasteiger partial charge in [-0.15, -0.1) is 10.2 Å². The highest BCUT2D eigenvalue weighted by molar-refractivity contribution is 5.36. The summed E-state index contributed by atoms with van der Waals surface area (Å²) in [4.78, 5) is 0. The van der Waals surface area contributed by atoms with Crippen LogP contribution < -0.4 is 5.32 Å². The molecular weight excluding hydrogens is 248 g/mol. The van der Waals surface area contributed by atoms with E-state index in [4.69, 9.17) is 5.26 Å². The smallest absolute Gasteiger partial charge is 0.163 e. The number of anilines is 1. The molecule has 0 amide bonds. The van der Waals surface area contributed by atoms with Gasteiger partial charge in [-0.05, 0) is 42.4 Å². The Kier molecular flexibility index (Phi) is 3.34. The van der Waals surface area contributed by atoms with Gasteiger partial charge in [0.15, 0.2) is 5.69 Å². The molecule has 100 valence electrons. The van der Waals surface area contributed by atoms with Gasteiger partial charge in [-0.3, -0.25) is 0 Å². The van der Waals surface area contributed by atoms with Crippen LogP contribution in [0.1, 0.15) is 24.1 Å². The molecule has 3 rings (SSSR count). The van der Waals surface area contributed by atoms with Crippen molar-refractivity contribution in [1.29, 1.82) is 5.26 Å². The van der Waals surface area contributed by atoms with Gasteiger partial charge in [-0.2, -0.15) is 5.26 Å². The molecule has 1 aromatic carbocycles. The minimum Gasteiger partial charge on any atom is -0.368 e. The minimum absolute atomic E-state index is 0.348. The fourth-order valence-electron chi connectivity index (χ4n) is 2.39. The molecule has 0 aliphatic heterocycles. The molecule has 0 saturated heterocycles. The number of hydrogen-bond acceptors (Lipinski definition) is 4. The molecule has 20 heavy (non-hydrogen) atoms. The summed E-state index contributed by atoms with van der Waals surface area (Å²) >= 11 is 0. The summed E-state index contributed by atoms with van der Waals surface area (Å²) in [6.45, 7) is 0.905. The van der Waals surface area contributed by atoms with Crippen LogP contribution in [0.5, 0.6) is 0 Å². The van der Waals surface area contributed by atoms with Crippen molar-refractivity contribution in [2.75, 3.05) is 11.9 Å². The van der Waals surface area contributed by atoms with E-state index >= 15 is 0 Å². The van der Waals surface area contributed by atoms with E-state index in [2.05, 4.69) is 39.8 Å². The van der Waals surface area contributed by atoms with E-state index in [9.17, 15) is 0 Å². The highest BCUT2D eigenvalue weighted by Crippen LogP contribution is 2.48. The van der Waals surface area contributed by atoms with Gasteiger partial charge in [-0.25, -0.2) is 0 Å². The molecule has 1 fully saturated rings. The Balaban J connectivity index is 1.59. The van der Waals surface area contributed by atoms with E-state index in [0.29, 0.717) is 11.1 Å². The molecule has 1 aromatic heterocycles. The Morgan fingerprint density at radius 2 is 1.90 bits per heavy atom. The molecule has 1 heterocycles. The topological polar surface area (TPSA) is 61.6 Å². The summed E-state index contributed by atoms with van der Waals surface area (Å²) in [6.07, 6.45) is 3.60. The molecule has 4 nitrogen and oxygen atoms in total. The molecule has 1 N–H and O–H groups in total. The lowest BCUT2D eigenvalue weighted by molar-refractivity contribution is 0.537. The first-order valence-corrected chi connectivity index (χ1v) is 6.81. The van der Waals surface area contributed by atoms with Crippen LogP contribution in [-0.4, -0.2) is 16.7 Å². The summed E-state index contributed by atoms with van der Waals surface area (Å²) in [5.74, 6) is 0.739. The lowest BCUT2D eigenvalue weighted by Gasteiger charge is -2.16. The quantitative estimate of drug-likeness (QED) is 0.902. The van der Waals surface area contributed by atoms with Gasteiger partial charge in [0, 0.05) is 6.54 Å². The number of hydrogen-bond donors (Lipinski definition) is 1. The minimum atomic E-state index is 0.348. The maximum Gasteiger partial charge on any atom is 0.163 e. The number of rotatable bonds is 5. The number of aromatic nitrogens is 2. The zero-order valence-electron chi connectivity index (χ0n) is 11.2. The van der Waals surface area contributed by atoms with E-state index in [0.717, 1.165) is 18.8 Å². The largest absolute Gasteiger partial charge is 0.368 e. The average molecular weight is 264 g/mol. The third-order valence-corrected chi connectivity index (χ3v) is 3.80. The Bertz CT molecular complexity index is 609. The van der Waals surface area contributed by atoms with Crippen molar-refractivity contribution in [2.24, 2.45) is 5.41 Å². The molecule has 4 heteroatoms.